The van der Waals surface area contributed by atoms with Crippen molar-refractivity contribution in [2.24, 2.45) is 0 Å². The quantitative estimate of drug-likeness (QED) is 0.529. The molecule has 3 N–H and O–H groups in total. The number of nitrogen functional groups attached to an aromatic ring is 1. The first-order valence-corrected chi connectivity index (χ1v) is 8.04. The van der Waals surface area contributed by atoms with Gasteiger partial charge in [-0.05, 0) is 29.8 Å². The molecule has 4 nitrogen and oxygen atoms in total. The van der Waals surface area contributed by atoms with E-state index >= 15 is 0 Å². The van der Waals surface area contributed by atoms with Crippen molar-refractivity contribution < 1.29 is 9.53 Å². The second kappa shape index (κ2) is 4.90. The van der Waals surface area contributed by atoms with Crippen LogP contribution in [0, 0.1) is 12.3 Å². The molecule has 4 heteroatoms. The van der Waals surface area contributed by atoms with Crippen LogP contribution in [-0.4, -0.2) is 17.9 Å². The van der Waals surface area contributed by atoms with Gasteiger partial charge in [0.1, 0.15) is 5.75 Å². The number of aromatic amines is 1. The predicted octanol–water partition coefficient (Wildman–Crippen LogP) is 3.61. The van der Waals surface area contributed by atoms with E-state index in [0.717, 1.165) is 22.2 Å². The van der Waals surface area contributed by atoms with E-state index in [9.17, 15) is 4.79 Å². The number of nitrogens with two attached hydrogens (primary N) is 1. The van der Waals surface area contributed by atoms with Crippen LogP contribution in [0.5, 0.6) is 5.75 Å². The molecule has 0 spiro atoms. The molecule has 0 unspecified atom stereocenters. The van der Waals surface area contributed by atoms with Gasteiger partial charge in [-0.1, -0.05) is 25.8 Å². The summed E-state index contributed by atoms with van der Waals surface area (Å²) in [5.41, 5.74) is 10.7. The molecule has 0 atom stereocenters. The van der Waals surface area contributed by atoms with Gasteiger partial charge in [0, 0.05) is 33.3 Å². The average Bonchev–Trinajstić information content (AvgIpc) is 2.98. The Balaban J connectivity index is 2.09. The van der Waals surface area contributed by atoms with Crippen LogP contribution in [0.3, 0.4) is 0 Å². The minimum Gasteiger partial charge on any atom is -0.495 e. The van der Waals surface area contributed by atoms with Crippen LogP contribution in [0.2, 0.25) is 0 Å². The molecular formula is C21H18N2O2. The number of H-pyrrole nitrogens is 1. The van der Waals surface area contributed by atoms with Crippen LogP contribution in [0.1, 0.15) is 46.6 Å². The third-order valence-corrected chi connectivity index (χ3v) is 5.09. The summed E-state index contributed by atoms with van der Waals surface area (Å²) in [6.45, 7) is 4.18. The molecule has 1 aliphatic carbocycles. The van der Waals surface area contributed by atoms with Gasteiger partial charge in [-0.3, -0.25) is 4.79 Å². The molecule has 1 aromatic heterocycles. The van der Waals surface area contributed by atoms with Crippen molar-refractivity contribution in [1.29, 1.82) is 0 Å². The van der Waals surface area contributed by atoms with Crippen LogP contribution in [0.15, 0.2) is 30.3 Å². The Labute approximate surface area is 146 Å². The molecule has 3 aromatic rings. The van der Waals surface area contributed by atoms with Crippen LogP contribution >= 0.6 is 0 Å². The highest BCUT2D eigenvalue weighted by Gasteiger charge is 2.40. The summed E-state index contributed by atoms with van der Waals surface area (Å²) in [7, 11) is 1.58. The van der Waals surface area contributed by atoms with Gasteiger partial charge < -0.3 is 15.5 Å². The Morgan fingerprint density at radius 3 is 2.68 bits per heavy atom. The van der Waals surface area contributed by atoms with E-state index in [0.29, 0.717) is 28.1 Å². The maximum Gasteiger partial charge on any atom is 0.195 e. The molecule has 25 heavy (non-hydrogen) atoms. The molecule has 2 aromatic carbocycles. The van der Waals surface area contributed by atoms with Gasteiger partial charge >= 0.3 is 0 Å². The number of nitrogens with one attached hydrogen (secondary N) is 1. The van der Waals surface area contributed by atoms with E-state index < -0.39 is 5.41 Å². The average molecular weight is 330 g/mol. The van der Waals surface area contributed by atoms with Gasteiger partial charge in [-0.25, -0.2) is 0 Å². The number of aromatic nitrogens is 1. The number of ketones is 1. The summed E-state index contributed by atoms with van der Waals surface area (Å²) in [6.07, 6.45) is 5.59. The fourth-order valence-electron chi connectivity index (χ4n) is 3.76. The third kappa shape index (κ3) is 1.93. The van der Waals surface area contributed by atoms with Crippen molar-refractivity contribution in [2.45, 2.75) is 19.3 Å². The number of terminal acetylenes is 1. The molecule has 124 valence electrons. The summed E-state index contributed by atoms with van der Waals surface area (Å²) >= 11 is 0. The van der Waals surface area contributed by atoms with Crippen LogP contribution in [0.4, 0.5) is 5.69 Å². The van der Waals surface area contributed by atoms with E-state index in [-0.39, 0.29) is 5.78 Å². The summed E-state index contributed by atoms with van der Waals surface area (Å²) in [6, 6.07) is 9.20. The highest BCUT2D eigenvalue weighted by Crippen LogP contribution is 2.45. The number of carbonyl (C=O) groups is 1. The lowest BCUT2D eigenvalue weighted by atomic mass is 9.71. The summed E-state index contributed by atoms with van der Waals surface area (Å²) < 4.78 is 5.41. The lowest BCUT2D eigenvalue weighted by Gasteiger charge is -2.32. The number of anilines is 1. The Morgan fingerprint density at radius 2 is 2.00 bits per heavy atom. The van der Waals surface area contributed by atoms with Gasteiger partial charge in [0.15, 0.2) is 5.78 Å². The number of ether oxygens (including phenoxy) is 1. The minimum absolute atomic E-state index is 0.0282. The molecule has 0 saturated carbocycles. The van der Waals surface area contributed by atoms with Crippen LogP contribution in [0.25, 0.3) is 10.9 Å². The number of hydrogen-bond acceptors (Lipinski definition) is 3. The zero-order valence-electron chi connectivity index (χ0n) is 14.4. The summed E-state index contributed by atoms with van der Waals surface area (Å²) in [5.74, 6) is 3.18. The molecule has 0 bridgehead atoms. The number of fused-ring (bicyclic) bond motifs is 4. The SMILES string of the molecule is C#Cc1cc2c(cc1OC)C(C)(C)c1[nH]c3cc(N)ccc3c1C2=O. The minimum atomic E-state index is -0.396. The number of rotatable bonds is 1. The van der Waals surface area contributed by atoms with E-state index in [1.165, 1.54) is 0 Å². The van der Waals surface area contributed by atoms with Crippen molar-refractivity contribution in [3.05, 3.63) is 58.3 Å². The molecule has 0 amide bonds. The van der Waals surface area contributed by atoms with E-state index in [1.54, 1.807) is 13.2 Å². The summed E-state index contributed by atoms with van der Waals surface area (Å²) in [4.78, 5) is 16.7. The second-order valence-electron chi connectivity index (χ2n) is 6.88. The lowest BCUT2D eigenvalue weighted by molar-refractivity contribution is 0.103. The molecule has 1 aliphatic rings. The number of methoxy groups -OCH3 is 1. The second-order valence-corrected chi connectivity index (χ2v) is 6.88. The van der Waals surface area contributed by atoms with E-state index in [2.05, 4.69) is 24.8 Å². The largest absolute Gasteiger partial charge is 0.495 e. The highest BCUT2D eigenvalue weighted by atomic mass is 16.5. The van der Waals surface area contributed by atoms with Gasteiger partial charge in [0.2, 0.25) is 0 Å². The molecular weight excluding hydrogens is 312 g/mol. The van der Waals surface area contributed by atoms with Gasteiger partial charge in [0.25, 0.3) is 0 Å². The van der Waals surface area contributed by atoms with Crippen LogP contribution in [-0.2, 0) is 5.41 Å². The number of benzene rings is 2. The maximum atomic E-state index is 13.3. The fourth-order valence-corrected chi connectivity index (χ4v) is 3.76. The lowest BCUT2D eigenvalue weighted by Crippen LogP contribution is -2.30. The zero-order chi connectivity index (χ0) is 17.9. The first-order chi connectivity index (χ1) is 11.9. The predicted molar refractivity (Wildman–Crippen MR) is 99.2 cm³/mol. The first-order valence-electron chi connectivity index (χ1n) is 8.04. The molecule has 4 rings (SSSR count). The van der Waals surface area contributed by atoms with Gasteiger partial charge in [0.05, 0.1) is 18.2 Å². The Kier molecular flexibility index (Phi) is 3.01. The Hall–Kier alpha value is -3.19. The molecule has 1 heterocycles. The van der Waals surface area contributed by atoms with Crippen LogP contribution < -0.4 is 10.5 Å². The molecule has 0 saturated heterocycles. The monoisotopic (exact) mass is 330 g/mol. The third-order valence-electron chi connectivity index (χ3n) is 5.09. The molecule has 0 aliphatic heterocycles. The Morgan fingerprint density at radius 1 is 1.24 bits per heavy atom. The van der Waals surface area contributed by atoms with E-state index in [4.69, 9.17) is 16.9 Å². The maximum absolute atomic E-state index is 13.3. The smallest absolute Gasteiger partial charge is 0.195 e. The van der Waals surface area contributed by atoms with E-state index in [1.807, 2.05) is 24.3 Å². The number of carbonyl (C=O) groups excluding carboxylic acids is 1. The fraction of sp³-hybridized carbons (Fsp3) is 0.190. The highest BCUT2D eigenvalue weighted by molar-refractivity contribution is 6.20. The van der Waals surface area contributed by atoms with Crippen molar-refractivity contribution in [3.63, 3.8) is 0 Å². The summed E-state index contributed by atoms with van der Waals surface area (Å²) in [5, 5.41) is 0.881. The number of hydrogen-bond donors (Lipinski definition) is 2. The van der Waals surface area contributed by atoms with Crippen molar-refractivity contribution >= 4 is 22.4 Å². The zero-order valence-corrected chi connectivity index (χ0v) is 14.4. The topological polar surface area (TPSA) is 68.1 Å². The van der Waals surface area contributed by atoms with Crippen molar-refractivity contribution in [1.82, 2.24) is 4.98 Å². The normalized spacial score (nSPS) is 14.7. The first kappa shape index (κ1) is 15.3. The molecule has 0 fully saturated rings. The van der Waals surface area contributed by atoms with Gasteiger partial charge in [-0.2, -0.15) is 0 Å². The standard InChI is InChI=1S/C21H18N2O2/c1-5-11-8-14-15(10-17(11)25-4)21(2,3)20-18(19(14)24)13-7-6-12(22)9-16(13)23-20/h1,6-10,23H,22H2,2-4H3. The van der Waals surface area contributed by atoms with Crippen molar-refractivity contribution in [3.8, 4) is 18.1 Å². The van der Waals surface area contributed by atoms with Crippen molar-refractivity contribution in [2.75, 3.05) is 12.8 Å². The van der Waals surface area contributed by atoms with Gasteiger partial charge in [-0.15, -0.1) is 6.42 Å². The Bertz CT molecular complexity index is 1100. The molecule has 0 radical (unpaired) electrons.